The third kappa shape index (κ3) is 4.08. The summed E-state index contributed by atoms with van der Waals surface area (Å²) in [4.78, 5) is 13.0. The third-order valence-corrected chi connectivity index (χ3v) is 4.21. The van der Waals surface area contributed by atoms with Crippen molar-refractivity contribution in [3.63, 3.8) is 0 Å². The van der Waals surface area contributed by atoms with Crippen molar-refractivity contribution in [3.8, 4) is 0 Å². The Hall–Kier alpha value is -1.33. The predicted octanol–water partition coefficient (Wildman–Crippen LogP) is 3.46. The van der Waals surface area contributed by atoms with Gasteiger partial charge in [0.05, 0.1) is 9.95 Å². The summed E-state index contributed by atoms with van der Waals surface area (Å²) in [6.07, 6.45) is 3.16. The average molecular weight is 312 g/mol. The minimum Gasteiger partial charge on any atom is -0.364 e. The number of hydrogen-bond donors (Lipinski definition) is 1. The van der Waals surface area contributed by atoms with Crippen molar-refractivity contribution in [1.82, 2.24) is 5.32 Å². The van der Waals surface area contributed by atoms with E-state index in [1.54, 1.807) is 12.1 Å². The Morgan fingerprint density at radius 2 is 2.14 bits per heavy atom. The maximum absolute atomic E-state index is 11.3. The summed E-state index contributed by atoms with van der Waals surface area (Å²) >= 11 is 6.26. The lowest BCUT2D eigenvalue weighted by atomic mass is 9.97. The first-order chi connectivity index (χ1) is 10.1. The lowest BCUT2D eigenvalue weighted by Crippen LogP contribution is -2.37. The van der Waals surface area contributed by atoms with Gasteiger partial charge in [-0.05, 0) is 44.3 Å². The molecule has 0 spiro atoms. The number of piperidine rings is 1. The number of nitro benzene ring substituents is 1. The summed E-state index contributed by atoms with van der Waals surface area (Å²) in [6, 6.07) is 4.90. The molecule has 1 saturated heterocycles. The van der Waals surface area contributed by atoms with Gasteiger partial charge in [-0.3, -0.25) is 10.1 Å². The van der Waals surface area contributed by atoms with E-state index in [4.69, 9.17) is 11.6 Å². The van der Waals surface area contributed by atoms with E-state index >= 15 is 0 Å². The van der Waals surface area contributed by atoms with Crippen LogP contribution in [0, 0.1) is 16.0 Å². The van der Waals surface area contributed by atoms with E-state index in [2.05, 4.69) is 17.1 Å². The van der Waals surface area contributed by atoms with Gasteiger partial charge in [-0.25, -0.2) is 0 Å². The maximum atomic E-state index is 11.3. The van der Waals surface area contributed by atoms with Gasteiger partial charge in [0.2, 0.25) is 0 Å². The van der Waals surface area contributed by atoms with Gasteiger partial charge in [0.15, 0.2) is 0 Å². The molecule has 0 bridgehead atoms. The molecule has 1 aromatic carbocycles. The highest BCUT2D eigenvalue weighted by atomic mass is 35.5. The van der Waals surface area contributed by atoms with Crippen molar-refractivity contribution in [1.29, 1.82) is 0 Å². The molecule has 1 heterocycles. The molecule has 1 aliphatic rings. The van der Waals surface area contributed by atoms with Crippen LogP contribution in [0.4, 0.5) is 11.4 Å². The molecule has 1 fully saturated rings. The molecule has 2 rings (SSSR count). The van der Waals surface area contributed by atoms with Crippen LogP contribution in [0.5, 0.6) is 0 Å². The van der Waals surface area contributed by atoms with E-state index in [1.807, 2.05) is 0 Å². The summed E-state index contributed by atoms with van der Waals surface area (Å²) in [5.74, 6) is 0.564. The second-order valence-electron chi connectivity index (χ2n) is 5.50. The van der Waals surface area contributed by atoms with E-state index in [1.165, 1.54) is 6.07 Å². The lowest BCUT2D eigenvalue weighted by Gasteiger charge is -2.31. The largest absolute Gasteiger partial charge is 0.364 e. The van der Waals surface area contributed by atoms with Gasteiger partial charge in [-0.2, -0.15) is 0 Å². The molecule has 0 radical (unpaired) electrons. The van der Waals surface area contributed by atoms with Crippen LogP contribution >= 0.6 is 11.6 Å². The normalized spacial score (nSPS) is 15.9. The van der Waals surface area contributed by atoms with E-state index in [-0.39, 0.29) is 10.6 Å². The molecule has 0 unspecified atom stereocenters. The molecule has 0 atom stereocenters. The zero-order valence-corrected chi connectivity index (χ0v) is 13.1. The number of nitrogens with one attached hydrogen (secondary N) is 1. The minimum absolute atomic E-state index is 0.102. The zero-order valence-electron chi connectivity index (χ0n) is 12.3. The monoisotopic (exact) mass is 311 g/mol. The first-order valence-corrected chi connectivity index (χ1v) is 7.89. The molecule has 0 aromatic heterocycles. The first-order valence-electron chi connectivity index (χ1n) is 7.52. The van der Waals surface area contributed by atoms with Crippen LogP contribution in [0.25, 0.3) is 0 Å². The Morgan fingerprint density at radius 3 is 2.76 bits per heavy atom. The SMILES string of the molecule is CCCN(CC1CCNCC1)c1c(Cl)cccc1[N+](=O)[O-]. The molecule has 116 valence electrons. The second-order valence-corrected chi connectivity index (χ2v) is 5.91. The fraction of sp³-hybridized carbons (Fsp3) is 0.600. The number of halogens is 1. The van der Waals surface area contributed by atoms with Gasteiger partial charge in [-0.1, -0.05) is 24.6 Å². The van der Waals surface area contributed by atoms with Crippen LogP contribution in [0.15, 0.2) is 18.2 Å². The fourth-order valence-corrected chi connectivity index (χ4v) is 3.19. The Labute approximate surface area is 130 Å². The van der Waals surface area contributed by atoms with Crippen molar-refractivity contribution in [2.45, 2.75) is 26.2 Å². The molecule has 5 nitrogen and oxygen atoms in total. The predicted molar refractivity (Wildman–Crippen MR) is 86.2 cm³/mol. The summed E-state index contributed by atoms with van der Waals surface area (Å²) in [5.41, 5.74) is 0.675. The molecule has 0 amide bonds. The van der Waals surface area contributed by atoms with Crippen LogP contribution in [0.3, 0.4) is 0 Å². The molecule has 1 N–H and O–H groups in total. The maximum Gasteiger partial charge on any atom is 0.294 e. The number of hydrogen-bond acceptors (Lipinski definition) is 4. The molecule has 1 aliphatic heterocycles. The molecule has 6 heteroatoms. The van der Waals surface area contributed by atoms with Crippen LogP contribution in [-0.4, -0.2) is 31.1 Å². The molecule has 1 aromatic rings. The van der Waals surface area contributed by atoms with Crippen molar-refractivity contribution in [3.05, 3.63) is 33.3 Å². The second kappa shape index (κ2) is 7.61. The van der Waals surface area contributed by atoms with Crippen molar-refractivity contribution >= 4 is 23.0 Å². The van der Waals surface area contributed by atoms with Gasteiger partial charge in [0, 0.05) is 19.2 Å². The van der Waals surface area contributed by atoms with Crippen LogP contribution in [-0.2, 0) is 0 Å². The average Bonchev–Trinajstić information content (AvgIpc) is 2.47. The smallest absolute Gasteiger partial charge is 0.294 e. The molecular weight excluding hydrogens is 290 g/mol. The summed E-state index contributed by atoms with van der Waals surface area (Å²) in [7, 11) is 0. The number of nitro groups is 1. The van der Waals surface area contributed by atoms with Crippen molar-refractivity contribution in [2.75, 3.05) is 31.1 Å². The highest BCUT2D eigenvalue weighted by Crippen LogP contribution is 2.36. The van der Waals surface area contributed by atoms with Crippen LogP contribution in [0.1, 0.15) is 26.2 Å². The van der Waals surface area contributed by atoms with Gasteiger partial charge in [0.1, 0.15) is 5.69 Å². The quantitative estimate of drug-likeness (QED) is 0.645. The van der Waals surface area contributed by atoms with E-state index in [9.17, 15) is 10.1 Å². The molecule has 21 heavy (non-hydrogen) atoms. The van der Waals surface area contributed by atoms with Crippen molar-refractivity contribution in [2.24, 2.45) is 5.92 Å². The third-order valence-electron chi connectivity index (χ3n) is 3.91. The topological polar surface area (TPSA) is 58.4 Å². The Bertz CT molecular complexity index is 490. The summed E-state index contributed by atoms with van der Waals surface area (Å²) in [6.45, 7) is 5.75. The summed E-state index contributed by atoms with van der Waals surface area (Å²) < 4.78 is 0. The zero-order chi connectivity index (χ0) is 15.2. The van der Waals surface area contributed by atoms with Gasteiger partial charge < -0.3 is 10.2 Å². The number of para-hydroxylation sites is 1. The number of nitrogens with zero attached hydrogens (tertiary/aromatic N) is 2. The molecular formula is C15H22ClN3O2. The Morgan fingerprint density at radius 1 is 1.43 bits per heavy atom. The first kappa shape index (κ1) is 16.0. The minimum atomic E-state index is -0.341. The Kier molecular flexibility index (Phi) is 5.82. The number of anilines is 1. The van der Waals surface area contributed by atoms with E-state index < -0.39 is 0 Å². The van der Waals surface area contributed by atoms with Gasteiger partial charge in [0.25, 0.3) is 5.69 Å². The van der Waals surface area contributed by atoms with E-state index in [0.717, 1.165) is 45.4 Å². The lowest BCUT2D eigenvalue weighted by molar-refractivity contribution is -0.384. The summed E-state index contributed by atoms with van der Waals surface area (Å²) in [5, 5.41) is 15.1. The van der Waals surface area contributed by atoms with Crippen LogP contribution < -0.4 is 10.2 Å². The standard InChI is InChI=1S/C15H22ClN3O2/c1-2-10-18(11-12-6-8-17-9-7-12)15-13(16)4-3-5-14(15)19(20)21/h3-5,12,17H,2,6-11H2,1H3. The number of rotatable bonds is 6. The number of benzene rings is 1. The molecule has 0 saturated carbocycles. The highest BCUT2D eigenvalue weighted by molar-refractivity contribution is 6.33. The van der Waals surface area contributed by atoms with Crippen molar-refractivity contribution < 1.29 is 4.92 Å². The highest BCUT2D eigenvalue weighted by Gasteiger charge is 2.25. The van der Waals surface area contributed by atoms with Crippen LogP contribution in [0.2, 0.25) is 5.02 Å². The Balaban J connectivity index is 2.26. The molecule has 0 aliphatic carbocycles. The van der Waals surface area contributed by atoms with Gasteiger partial charge in [-0.15, -0.1) is 0 Å². The van der Waals surface area contributed by atoms with Gasteiger partial charge >= 0.3 is 0 Å². The van der Waals surface area contributed by atoms with E-state index in [0.29, 0.717) is 16.6 Å². The fourth-order valence-electron chi connectivity index (χ4n) is 2.90.